The van der Waals surface area contributed by atoms with Gasteiger partial charge in [0.05, 0.1) is 30.3 Å². The van der Waals surface area contributed by atoms with Gasteiger partial charge >= 0.3 is 0 Å². The number of methoxy groups -OCH3 is 2. The lowest BCUT2D eigenvalue weighted by Crippen LogP contribution is -2.06. The molecule has 2 aromatic heterocycles. The van der Waals surface area contributed by atoms with Crippen LogP contribution in [0.1, 0.15) is 11.1 Å². The van der Waals surface area contributed by atoms with Crippen molar-refractivity contribution in [2.75, 3.05) is 19.5 Å². The molecule has 1 N–H and O–H groups in total. The molecule has 5 aromatic rings. The van der Waals surface area contributed by atoms with Crippen molar-refractivity contribution in [3.8, 4) is 11.5 Å². The van der Waals surface area contributed by atoms with Gasteiger partial charge in [-0.15, -0.1) is 5.10 Å². The maximum Gasteiger partial charge on any atom is 0.229 e. The SMILES string of the molecule is COc1ccc(OC)c(Nc2nc3c(S(=O)(=O)c4ccc(C)c(C)c4)nnn3c3ccccc23)c1. The van der Waals surface area contributed by atoms with Gasteiger partial charge in [0, 0.05) is 11.5 Å². The second kappa shape index (κ2) is 8.55. The Labute approximate surface area is 202 Å². The highest BCUT2D eigenvalue weighted by Gasteiger charge is 2.27. The topological polar surface area (TPSA) is 108 Å². The van der Waals surface area contributed by atoms with Crippen molar-refractivity contribution in [3.05, 3.63) is 71.8 Å². The molecule has 0 atom stereocenters. The lowest BCUT2D eigenvalue weighted by atomic mass is 10.1. The quantitative estimate of drug-likeness (QED) is 0.372. The minimum absolute atomic E-state index is 0.117. The Kier molecular flexibility index (Phi) is 5.52. The Morgan fingerprint density at radius 2 is 1.71 bits per heavy atom. The molecule has 178 valence electrons. The highest BCUT2D eigenvalue weighted by Crippen LogP contribution is 2.34. The molecule has 9 nitrogen and oxygen atoms in total. The molecule has 0 saturated heterocycles. The summed E-state index contributed by atoms with van der Waals surface area (Å²) in [6.45, 7) is 3.80. The molecular weight excluding hydrogens is 466 g/mol. The number of aromatic nitrogens is 4. The van der Waals surface area contributed by atoms with E-state index < -0.39 is 9.84 Å². The number of fused-ring (bicyclic) bond motifs is 3. The van der Waals surface area contributed by atoms with E-state index in [0.717, 1.165) is 16.5 Å². The third kappa shape index (κ3) is 3.81. The predicted molar refractivity (Wildman–Crippen MR) is 132 cm³/mol. The van der Waals surface area contributed by atoms with Gasteiger partial charge in [0.2, 0.25) is 14.9 Å². The second-order valence-electron chi connectivity index (χ2n) is 8.05. The van der Waals surface area contributed by atoms with E-state index in [1.807, 2.05) is 38.1 Å². The summed E-state index contributed by atoms with van der Waals surface area (Å²) >= 11 is 0. The number of benzene rings is 3. The van der Waals surface area contributed by atoms with Gasteiger partial charge in [0.15, 0.2) is 5.65 Å². The zero-order valence-electron chi connectivity index (χ0n) is 19.6. The molecule has 10 heteroatoms. The molecule has 0 aliphatic carbocycles. The molecule has 0 unspecified atom stereocenters. The zero-order chi connectivity index (χ0) is 24.7. The Balaban J connectivity index is 1.73. The fourth-order valence-electron chi connectivity index (χ4n) is 3.85. The molecule has 0 aliphatic rings. The first kappa shape index (κ1) is 22.6. The maximum absolute atomic E-state index is 13.5. The van der Waals surface area contributed by atoms with Gasteiger partial charge < -0.3 is 14.8 Å². The van der Waals surface area contributed by atoms with Gasteiger partial charge in [-0.3, -0.25) is 0 Å². The first-order valence-electron chi connectivity index (χ1n) is 10.8. The Bertz CT molecular complexity index is 1700. The van der Waals surface area contributed by atoms with E-state index in [2.05, 4.69) is 20.6 Å². The first-order valence-corrected chi connectivity index (χ1v) is 12.3. The molecule has 0 bridgehead atoms. The van der Waals surface area contributed by atoms with Gasteiger partial charge in [-0.2, -0.15) is 4.52 Å². The highest BCUT2D eigenvalue weighted by atomic mass is 32.2. The molecule has 0 radical (unpaired) electrons. The lowest BCUT2D eigenvalue weighted by molar-refractivity contribution is 0.405. The van der Waals surface area contributed by atoms with Gasteiger partial charge in [-0.05, 0) is 61.4 Å². The number of nitrogens with zero attached hydrogens (tertiary/aromatic N) is 4. The molecular formula is C25H23N5O4S. The summed E-state index contributed by atoms with van der Waals surface area (Å²) in [5.41, 5.74) is 3.25. The average Bonchev–Trinajstić information content (AvgIpc) is 3.30. The van der Waals surface area contributed by atoms with E-state index in [9.17, 15) is 8.42 Å². The molecule has 2 heterocycles. The van der Waals surface area contributed by atoms with Crippen LogP contribution < -0.4 is 14.8 Å². The largest absolute Gasteiger partial charge is 0.497 e. The molecule has 0 amide bonds. The van der Waals surface area contributed by atoms with Crippen LogP contribution in [0.3, 0.4) is 0 Å². The fraction of sp³-hybridized carbons (Fsp3) is 0.160. The minimum Gasteiger partial charge on any atom is -0.497 e. The summed E-state index contributed by atoms with van der Waals surface area (Å²) in [5, 5.41) is 12.0. The van der Waals surface area contributed by atoms with Gasteiger partial charge in [0.25, 0.3) is 0 Å². The average molecular weight is 490 g/mol. The van der Waals surface area contributed by atoms with Crippen LogP contribution in [0, 0.1) is 13.8 Å². The summed E-state index contributed by atoms with van der Waals surface area (Å²) < 4.78 is 39.4. The monoisotopic (exact) mass is 489 g/mol. The summed E-state index contributed by atoms with van der Waals surface area (Å²) in [5.74, 6) is 1.63. The van der Waals surface area contributed by atoms with Crippen LogP contribution in [0.2, 0.25) is 0 Å². The Morgan fingerprint density at radius 3 is 2.46 bits per heavy atom. The lowest BCUT2D eigenvalue weighted by Gasteiger charge is -2.14. The van der Waals surface area contributed by atoms with E-state index >= 15 is 0 Å². The number of anilines is 2. The number of rotatable bonds is 6. The molecule has 0 spiro atoms. The third-order valence-electron chi connectivity index (χ3n) is 5.92. The second-order valence-corrected chi connectivity index (χ2v) is 9.91. The Morgan fingerprint density at radius 1 is 0.914 bits per heavy atom. The summed E-state index contributed by atoms with van der Waals surface area (Å²) in [7, 11) is -0.830. The van der Waals surface area contributed by atoms with Crippen molar-refractivity contribution in [1.29, 1.82) is 0 Å². The van der Waals surface area contributed by atoms with Crippen molar-refractivity contribution in [3.63, 3.8) is 0 Å². The van der Waals surface area contributed by atoms with Crippen LogP contribution in [-0.2, 0) is 9.84 Å². The van der Waals surface area contributed by atoms with Crippen LogP contribution in [0.5, 0.6) is 11.5 Å². The van der Waals surface area contributed by atoms with Crippen LogP contribution in [-0.4, -0.2) is 42.4 Å². The Hall–Kier alpha value is -4.18. The molecule has 35 heavy (non-hydrogen) atoms. The van der Waals surface area contributed by atoms with Crippen molar-refractivity contribution < 1.29 is 17.9 Å². The molecule has 0 fully saturated rings. The molecule has 5 rings (SSSR count). The van der Waals surface area contributed by atoms with E-state index in [1.165, 1.54) is 4.52 Å². The first-order chi connectivity index (χ1) is 16.8. The number of para-hydroxylation sites is 1. The third-order valence-corrected chi connectivity index (χ3v) is 7.57. The molecule has 3 aromatic carbocycles. The standard InChI is InChI=1S/C25H23N5O4S/c1-15-9-11-18(13-16(15)2)35(31,32)25-24-27-23(19-7-5-6-8-21(19)30(24)29-28-25)26-20-14-17(33-3)10-12-22(20)34-4/h5-14H,1-4H3,(H,26,27). The number of ether oxygens (including phenoxy) is 2. The van der Waals surface area contributed by atoms with Crippen LogP contribution in [0.25, 0.3) is 16.6 Å². The van der Waals surface area contributed by atoms with Gasteiger partial charge in [-0.1, -0.05) is 23.4 Å². The smallest absolute Gasteiger partial charge is 0.229 e. The minimum atomic E-state index is -3.97. The van der Waals surface area contributed by atoms with E-state index in [0.29, 0.717) is 28.5 Å². The van der Waals surface area contributed by atoms with Crippen molar-refractivity contribution >= 4 is 37.9 Å². The maximum atomic E-state index is 13.5. The van der Waals surface area contributed by atoms with E-state index in [-0.39, 0.29) is 15.6 Å². The number of aryl methyl sites for hydroxylation is 2. The van der Waals surface area contributed by atoms with E-state index in [1.54, 1.807) is 50.6 Å². The number of sulfone groups is 1. The number of hydrogen-bond acceptors (Lipinski definition) is 8. The normalized spacial score (nSPS) is 11.7. The molecule has 0 saturated carbocycles. The molecule has 0 aliphatic heterocycles. The van der Waals surface area contributed by atoms with Gasteiger partial charge in [0.1, 0.15) is 17.3 Å². The van der Waals surface area contributed by atoms with Gasteiger partial charge in [-0.25, -0.2) is 13.4 Å². The van der Waals surface area contributed by atoms with Crippen molar-refractivity contribution in [1.82, 2.24) is 19.8 Å². The van der Waals surface area contributed by atoms with Crippen molar-refractivity contribution in [2.45, 2.75) is 23.8 Å². The predicted octanol–water partition coefficient (Wildman–Crippen LogP) is 4.49. The summed E-state index contributed by atoms with van der Waals surface area (Å²) in [6, 6.07) is 17.7. The summed E-state index contributed by atoms with van der Waals surface area (Å²) in [6.07, 6.45) is 0. The van der Waals surface area contributed by atoms with Crippen LogP contribution >= 0.6 is 0 Å². The number of hydrogen-bond donors (Lipinski definition) is 1. The summed E-state index contributed by atoms with van der Waals surface area (Å²) in [4.78, 5) is 4.81. The fourth-order valence-corrected chi connectivity index (χ4v) is 5.17. The highest BCUT2D eigenvalue weighted by molar-refractivity contribution is 7.91. The zero-order valence-corrected chi connectivity index (χ0v) is 20.4. The van der Waals surface area contributed by atoms with E-state index in [4.69, 9.17) is 9.47 Å². The van der Waals surface area contributed by atoms with Crippen LogP contribution in [0.15, 0.2) is 70.6 Å². The van der Waals surface area contributed by atoms with Crippen LogP contribution in [0.4, 0.5) is 11.5 Å². The number of nitrogens with one attached hydrogen (secondary N) is 1. The van der Waals surface area contributed by atoms with Crippen molar-refractivity contribution in [2.24, 2.45) is 0 Å².